The number of aromatic nitrogens is 2. The van der Waals surface area contributed by atoms with Crippen LogP contribution in [0.5, 0.6) is 0 Å². The highest BCUT2D eigenvalue weighted by Crippen LogP contribution is 2.29. The van der Waals surface area contributed by atoms with Gasteiger partial charge >= 0.3 is 0 Å². The smallest absolute Gasteiger partial charge is 0.274 e. The molecule has 1 N–H and O–H groups in total. The van der Waals surface area contributed by atoms with Crippen molar-refractivity contribution in [1.29, 1.82) is 0 Å². The van der Waals surface area contributed by atoms with E-state index < -0.39 is 0 Å². The Balaban J connectivity index is 1.37. The van der Waals surface area contributed by atoms with Gasteiger partial charge in [0, 0.05) is 31.9 Å². The largest absolute Gasteiger partial charge is 0.333 e. The van der Waals surface area contributed by atoms with Gasteiger partial charge in [-0.3, -0.25) is 9.59 Å². The molecule has 1 aromatic heterocycles. The lowest BCUT2D eigenvalue weighted by Gasteiger charge is -2.36. The van der Waals surface area contributed by atoms with Crippen LogP contribution in [0.2, 0.25) is 0 Å². The van der Waals surface area contributed by atoms with Crippen molar-refractivity contribution >= 4 is 5.91 Å². The van der Waals surface area contributed by atoms with E-state index in [0.717, 1.165) is 45.4 Å². The van der Waals surface area contributed by atoms with Crippen LogP contribution in [0.4, 0.5) is 0 Å². The Bertz CT molecular complexity index is 815. The Hall–Kier alpha value is -2.47. The highest BCUT2D eigenvalue weighted by Gasteiger charge is 2.37. The average molecular weight is 366 g/mol. The minimum atomic E-state index is -0.284. The molecule has 142 valence electrons. The fraction of sp³-hybridized carbons (Fsp3) is 0.476. The Kier molecular flexibility index (Phi) is 5.34. The first kappa shape index (κ1) is 17.9. The number of hydrogen-bond donors (Lipinski definition) is 1. The highest BCUT2D eigenvalue weighted by molar-refractivity contribution is 5.92. The number of nitrogens with zero attached hydrogens (tertiary/aromatic N) is 3. The first-order valence-corrected chi connectivity index (χ1v) is 9.81. The number of aromatic amines is 1. The molecule has 3 fully saturated rings. The molecule has 0 saturated carbocycles. The van der Waals surface area contributed by atoms with Crippen LogP contribution in [0.25, 0.3) is 0 Å². The average Bonchev–Trinajstić information content (AvgIpc) is 3.00. The molecule has 1 amide bonds. The topological polar surface area (TPSA) is 69.3 Å². The maximum atomic E-state index is 12.9. The summed E-state index contributed by atoms with van der Waals surface area (Å²) in [6.45, 7) is 3.86. The summed E-state index contributed by atoms with van der Waals surface area (Å²) in [6.07, 6.45) is 7.08. The molecular weight excluding hydrogens is 340 g/mol. The van der Waals surface area contributed by atoms with Crippen molar-refractivity contribution in [2.24, 2.45) is 5.92 Å². The molecule has 5 rings (SSSR count). The number of nitrogens with one attached hydrogen (secondary N) is 1. The van der Waals surface area contributed by atoms with Gasteiger partial charge in [-0.2, -0.15) is 0 Å². The van der Waals surface area contributed by atoms with Gasteiger partial charge in [-0.1, -0.05) is 30.3 Å². The van der Waals surface area contributed by atoms with Crippen LogP contribution in [0.15, 0.2) is 47.5 Å². The second-order valence-corrected chi connectivity index (χ2v) is 7.70. The van der Waals surface area contributed by atoms with Gasteiger partial charge in [-0.05, 0) is 43.7 Å². The molecule has 3 saturated heterocycles. The van der Waals surface area contributed by atoms with Crippen molar-refractivity contribution in [2.45, 2.75) is 31.7 Å². The van der Waals surface area contributed by atoms with Gasteiger partial charge in [0.15, 0.2) is 0 Å². The molecule has 3 aliphatic heterocycles. The number of carbonyl (C=O) groups excluding carboxylic acids is 1. The van der Waals surface area contributed by atoms with Gasteiger partial charge in [-0.15, -0.1) is 0 Å². The molecule has 1 aromatic carbocycles. The van der Waals surface area contributed by atoms with Crippen LogP contribution in [0, 0.1) is 5.92 Å². The van der Waals surface area contributed by atoms with Gasteiger partial charge in [0.05, 0.1) is 6.20 Å². The molecule has 2 aromatic rings. The number of amides is 1. The van der Waals surface area contributed by atoms with Crippen LogP contribution in [-0.4, -0.2) is 57.9 Å². The van der Waals surface area contributed by atoms with E-state index in [0.29, 0.717) is 11.6 Å². The number of H-pyrrole nitrogens is 1. The Morgan fingerprint density at radius 2 is 2.00 bits per heavy atom. The van der Waals surface area contributed by atoms with Crippen molar-refractivity contribution in [1.82, 2.24) is 19.8 Å². The van der Waals surface area contributed by atoms with Crippen LogP contribution >= 0.6 is 0 Å². The summed E-state index contributed by atoms with van der Waals surface area (Å²) in [7, 11) is 0. The fourth-order valence-electron chi connectivity index (χ4n) is 4.37. The maximum absolute atomic E-state index is 12.9. The number of rotatable bonds is 5. The lowest BCUT2D eigenvalue weighted by Crippen LogP contribution is -2.47. The van der Waals surface area contributed by atoms with Crippen molar-refractivity contribution in [3.05, 3.63) is 64.3 Å². The lowest BCUT2D eigenvalue weighted by atomic mass is 9.95. The van der Waals surface area contributed by atoms with Crippen molar-refractivity contribution in [3.63, 3.8) is 0 Å². The Labute approximate surface area is 159 Å². The molecule has 0 radical (unpaired) electrons. The van der Waals surface area contributed by atoms with E-state index in [1.807, 2.05) is 4.90 Å². The van der Waals surface area contributed by atoms with Gasteiger partial charge < -0.3 is 14.8 Å². The van der Waals surface area contributed by atoms with E-state index in [2.05, 4.69) is 45.2 Å². The molecule has 2 bridgehead atoms. The highest BCUT2D eigenvalue weighted by atomic mass is 16.2. The third-order valence-electron chi connectivity index (χ3n) is 5.72. The predicted molar refractivity (Wildman–Crippen MR) is 104 cm³/mol. The molecule has 6 heteroatoms. The van der Waals surface area contributed by atoms with Crippen LogP contribution in [0.3, 0.4) is 0 Å². The summed E-state index contributed by atoms with van der Waals surface area (Å²) in [5.74, 6) is 0.458. The number of aryl methyl sites for hydroxylation is 1. The summed E-state index contributed by atoms with van der Waals surface area (Å²) in [6, 6.07) is 10.8. The van der Waals surface area contributed by atoms with Crippen LogP contribution in [0.1, 0.15) is 35.3 Å². The fourth-order valence-corrected chi connectivity index (χ4v) is 4.37. The number of hydrogen-bond acceptors (Lipinski definition) is 4. The standard InChI is InChI=1S/C21H26N4O2/c26-20-12-22-19(11-23-20)21(27)25-14-17-8-9-18(25)15-24(13-17)10-4-7-16-5-2-1-3-6-16/h1-3,5-6,11-12,17-18H,4,7-10,13-15H2,(H,23,26)/t17-,18+/m1/s1. The van der Waals surface area contributed by atoms with Gasteiger partial charge in [0.1, 0.15) is 5.69 Å². The van der Waals surface area contributed by atoms with Crippen molar-refractivity contribution < 1.29 is 4.79 Å². The summed E-state index contributed by atoms with van der Waals surface area (Å²) in [5, 5.41) is 0. The minimum Gasteiger partial charge on any atom is -0.333 e. The zero-order valence-electron chi connectivity index (χ0n) is 15.5. The number of carbonyl (C=O) groups is 1. The second kappa shape index (κ2) is 8.05. The van der Waals surface area contributed by atoms with E-state index in [1.165, 1.54) is 24.4 Å². The van der Waals surface area contributed by atoms with E-state index in [4.69, 9.17) is 0 Å². The quantitative estimate of drug-likeness (QED) is 0.878. The number of benzene rings is 1. The zero-order valence-corrected chi connectivity index (χ0v) is 15.5. The monoisotopic (exact) mass is 366 g/mol. The SMILES string of the molecule is O=C(c1c[nH]c(=O)cn1)N1C[C@@H]2CC[C@H]1CN(CCCc1ccccc1)C2. The van der Waals surface area contributed by atoms with E-state index >= 15 is 0 Å². The lowest BCUT2D eigenvalue weighted by molar-refractivity contribution is 0.0578. The summed E-state index contributed by atoms with van der Waals surface area (Å²) >= 11 is 0. The van der Waals surface area contributed by atoms with Gasteiger partial charge in [-0.25, -0.2) is 4.98 Å². The zero-order chi connectivity index (χ0) is 18.6. The molecule has 2 atom stereocenters. The first-order valence-electron chi connectivity index (χ1n) is 9.81. The third kappa shape index (κ3) is 4.27. The molecule has 6 nitrogen and oxygen atoms in total. The molecule has 4 heterocycles. The molecule has 0 aliphatic carbocycles. The molecule has 0 unspecified atom stereocenters. The van der Waals surface area contributed by atoms with Crippen LogP contribution in [-0.2, 0) is 6.42 Å². The molecule has 0 spiro atoms. The van der Waals surface area contributed by atoms with Gasteiger partial charge in [0.2, 0.25) is 0 Å². The predicted octanol–water partition coefficient (Wildman–Crippen LogP) is 1.94. The van der Waals surface area contributed by atoms with Crippen molar-refractivity contribution in [2.75, 3.05) is 26.2 Å². The molecule has 3 aliphatic rings. The number of fused-ring (bicyclic) bond motifs is 4. The summed E-state index contributed by atoms with van der Waals surface area (Å²) in [5.41, 5.74) is 1.43. The Morgan fingerprint density at radius 1 is 1.15 bits per heavy atom. The van der Waals surface area contributed by atoms with Crippen LogP contribution < -0.4 is 5.56 Å². The molecule has 27 heavy (non-hydrogen) atoms. The van der Waals surface area contributed by atoms with E-state index in [1.54, 1.807) is 0 Å². The normalized spacial score (nSPS) is 22.6. The van der Waals surface area contributed by atoms with Gasteiger partial charge in [0.25, 0.3) is 11.5 Å². The minimum absolute atomic E-state index is 0.0629. The molecular formula is C21H26N4O2. The van der Waals surface area contributed by atoms with E-state index in [9.17, 15) is 9.59 Å². The van der Waals surface area contributed by atoms with Crippen molar-refractivity contribution in [3.8, 4) is 0 Å². The Morgan fingerprint density at radius 3 is 2.78 bits per heavy atom. The third-order valence-corrected chi connectivity index (χ3v) is 5.72. The summed E-state index contributed by atoms with van der Waals surface area (Å²) < 4.78 is 0. The van der Waals surface area contributed by atoms with E-state index in [-0.39, 0.29) is 17.5 Å². The first-order chi connectivity index (χ1) is 13.2. The summed E-state index contributed by atoms with van der Waals surface area (Å²) in [4.78, 5) is 35.2. The number of piperidine rings is 1. The second-order valence-electron chi connectivity index (χ2n) is 7.70. The maximum Gasteiger partial charge on any atom is 0.274 e.